The molecule has 0 heterocycles. The Morgan fingerprint density at radius 3 is 2.46 bits per heavy atom. The zero-order chi connectivity index (χ0) is 8.89. The van der Waals surface area contributed by atoms with Crippen molar-refractivity contribution in [3.63, 3.8) is 0 Å². The minimum absolute atomic E-state index is 0.665. The van der Waals surface area contributed by atoms with E-state index in [4.69, 9.17) is 0 Å². The molecular weight excluding hydrogens is 156 g/mol. The van der Waals surface area contributed by atoms with E-state index >= 15 is 0 Å². The molecular formula is C13H14. The molecule has 0 saturated heterocycles. The molecule has 2 fully saturated rings. The van der Waals surface area contributed by atoms with Gasteiger partial charge in [-0.25, -0.2) is 0 Å². The first-order valence-electron chi connectivity index (χ1n) is 5.02. The highest BCUT2D eigenvalue weighted by Crippen LogP contribution is 2.71. The first-order valence-corrected chi connectivity index (χ1v) is 5.02. The van der Waals surface area contributed by atoms with E-state index in [1.807, 2.05) is 0 Å². The number of allylic oxidation sites excluding steroid dienone is 1. The van der Waals surface area contributed by atoms with Crippen LogP contribution in [0.15, 0.2) is 42.5 Å². The molecule has 0 bridgehead atoms. The standard InChI is InChI=1S/C13H14/c1-10-7-13(8-10)9-12(13)11-5-3-2-4-6-11/h2-6,12H,1,7-9H2. The van der Waals surface area contributed by atoms with Crippen LogP contribution in [0.5, 0.6) is 0 Å². The van der Waals surface area contributed by atoms with Crippen LogP contribution in [0.25, 0.3) is 0 Å². The number of hydrogen-bond acceptors (Lipinski definition) is 0. The highest BCUT2D eigenvalue weighted by molar-refractivity contribution is 5.37. The van der Waals surface area contributed by atoms with Gasteiger partial charge < -0.3 is 0 Å². The Morgan fingerprint density at radius 1 is 1.15 bits per heavy atom. The minimum Gasteiger partial charge on any atom is -0.0998 e. The lowest BCUT2D eigenvalue weighted by atomic mass is 9.75. The van der Waals surface area contributed by atoms with Gasteiger partial charge in [0.15, 0.2) is 0 Å². The maximum atomic E-state index is 4.02. The first kappa shape index (κ1) is 7.37. The Bertz CT molecular complexity index is 340. The van der Waals surface area contributed by atoms with Crippen LogP contribution >= 0.6 is 0 Å². The van der Waals surface area contributed by atoms with Crippen LogP contribution in [-0.4, -0.2) is 0 Å². The monoisotopic (exact) mass is 170 g/mol. The fourth-order valence-electron chi connectivity index (χ4n) is 2.84. The van der Waals surface area contributed by atoms with E-state index in [1.165, 1.54) is 30.4 Å². The van der Waals surface area contributed by atoms with Gasteiger partial charge in [0.05, 0.1) is 0 Å². The molecule has 13 heavy (non-hydrogen) atoms. The van der Waals surface area contributed by atoms with Crippen molar-refractivity contribution in [3.8, 4) is 0 Å². The first-order chi connectivity index (χ1) is 6.30. The Morgan fingerprint density at radius 2 is 1.85 bits per heavy atom. The van der Waals surface area contributed by atoms with Crippen molar-refractivity contribution in [2.45, 2.75) is 25.2 Å². The molecule has 0 amide bonds. The highest BCUT2D eigenvalue weighted by Gasteiger charge is 2.59. The number of hydrogen-bond donors (Lipinski definition) is 0. The molecule has 0 radical (unpaired) electrons. The molecule has 3 rings (SSSR count). The summed E-state index contributed by atoms with van der Waals surface area (Å²) in [4.78, 5) is 0. The summed E-state index contributed by atoms with van der Waals surface area (Å²) in [7, 11) is 0. The van der Waals surface area contributed by atoms with Crippen molar-refractivity contribution < 1.29 is 0 Å². The smallest absolute Gasteiger partial charge is 0.00933 e. The lowest BCUT2D eigenvalue weighted by Gasteiger charge is -2.30. The number of rotatable bonds is 1. The van der Waals surface area contributed by atoms with Crippen LogP contribution in [-0.2, 0) is 0 Å². The third-order valence-electron chi connectivity index (χ3n) is 3.60. The topological polar surface area (TPSA) is 0 Å². The van der Waals surface area contributed by atoms with Crippen LogP contribution in [0.3, 0.4) is 0 Å². The quantitative estimate of drug-likeness (QED) is 0.566. The summed E-state index contributed by atoms with van der Waals surface area (Å²) in [6, 6.07) is 10.9. The van der Waals surface area contributed by atoms with Crippen molar-refractivity contribution in [3.05, 3.63) is 48.0 Å². The fourth-order valence-corrected chi connectivity index (χ4v) is 2.84. The van der Waals surface area contributed by atoms with Crippen molar-refractivity contribution in [1.29, 1.82) is 0 Å². The van der Waals surface area contributed by atoms with Crippen LogP contribution < -0.4 is 0 Å². The molecule has 1 aromatic rings. The molecule has 2 aliphatic rings. The van der Waals surface area contributed by atoms with E-state index in [0.717, 1.165) is 5.92 Å². The molecule has 0 aromatic heterocycles. The Labute approximate surface area is 79.3 Å². The van der Waals surface area contributed by atoms with Gasteiger partial charge in [-0.2, -0.15) is 0 Å². The number of benzene rings is 1. The highest BCUT2D eigenvalue weighted by atomic mass is 14.6. The maximum Gasteiger partial charge on any atom is -0.00933 e. The molecule has 1 atom stereocenters. The van der Waals surface area contributed by atoms with Crippen molar-refractivity contribution in [2.75, 3.05) is 0 Å². The van der Waals surface area contributed by atoms with E-state index in [-0.39, 0.29) is 0 Å². The van der Waals surface area contributed by atoms with Crippen LogP contribution in [0.2, 0.25) is 0 Å². The second-order valence-corrected chi connectivity index (χ2v) is 4.63. The van der Waals surface area contributed by atoms with E-state index < -0.39 is 0 Å². The van der Waals surface area contributed by atoms with Crippen LogP contribution in [0, 0.1) is 5.41 Å². The van der Waals surface area contributed by atoms with Gasteiger partial charge in [-0.05, 0) is 36.2 Å². The van der Waals surface area contributed by atoms with Crippen molar-refractivity contribution >= 4 is 0 Å². The molecule has 0 aliphatic heterocycles. The third kappa shape index (κ3) is 0.980. The van der Waals surface area contributed by atoms with Gasteiger partial charge in [-0.15, -0.1) is 0 Å². The zero-order valence-corrected chi connectivity index (χ0v) is 7.79. The van der Waals surface area contributed by atoms with Crippen LogP contribution in [0.1, 0.15) is 30.7 Å². The SMILES string of the molecule is C=C1CC2(C1)CC2c1ccccc1. The van der Waals surface area contributed by atoms with E-state index in [2.05, 4.69) is 36.9 Å². The summed E-state index contributed by atoms with van der Waals surface area (Å²) in [5, 5.41) is 0. The molecule has 0 N–H and O–H groups in total. The molecule has 0 heteroatoms. The second kappa shape index (κ2) is 2.25. The predicted octanol–water partition coefficient (Wildman–Crippen LogP) is 3.51. The van der Waals surface area contributed by atoms with E-state index in [0.29, 0.717) is 5.41 Å². The zero-order valence-electron chi connectivity index (χ0n) is 7.79. The molecule has 2 saturated carbocycles. The van der Waals surface area contributed by atoms with Crippen molar-refractivity contribution in [2.24, 2.45) is 5.41 Å². The van der Waals surface area contributed by atoms with Crippen molar-refractivity contribution in [1.82, 2.24) is 0 Å². The van der Waals surface area contributed by atoms with Gasteiger partial charge in [0.2, 0.25) is 0 Å². The molecule has 1 spiro atoms. The van der Waals surface area contributed by atoms with Gasteiger partial charge in [0.1, 0.15) is 0 Å². The predicted molar refractivity (Wildman–Crippen MR) is 54.6 cm³/mol. The molecule has 1 unspecified atom stereocenters. The van der Waals surface area contributed by atoms with E-state index in [9.17, 15) is 0 Å². The summed E-state index contributed by atoms with van der Waals surface area (Å²) >= 11 is 0. The van der Waals surface area contributed by atoms with Gasteiger partial charge in [-0.1, -0.05) is 42.5 Å². The normalized spacial score (nSPS) is 28.6. The molecule has 0 nitrogen and oxygen atoms in total. The lowest BCUT2D eigenvalue weighted by molar-refractivity contribution is 0.380. The summed E-state index contributed by atoms with van der Waals surface area (Å²) in [6.45, 7) is 4.02. The Balaban J connectivity index is 1.81. The second-order valence-electron chi connectivity index (χ2n) is 4.63. The third-order valence-corrected chi connectivity index (χ3v) is 3.60. The summed E-state index contributed by atoms with van der Waals surface area (Å²) in [5.74, 6) is 0.846. The molecule has 66 valence electrons. The summed E-state index contributed by atoms with van der Waals surface area (Å²) in [5.41, 5.74) is 3.66. The van der Waals surface area contributed by atoms with Crippen LogP contribution in [0.4, 0.5) is 0 Å². The van der Waals surface area contributed by atoms with Gasteiger partial charge in [0.25, 0.3) is 0 Å². The fraction of sp³-hybridized carbons (Fsp3) is 0.385. The lowest BCUT2D eigenvalue weighted by Crippen LogP contribution is -2.16. The summed E-state index contributed by atoms with van der Waals surface area (Å²) < 4.78 is 0. The average Bonchev–Trinajstić information content (AvgIpc) is 2.81. The van der Waals surface area contributed by atoms with Gasteiger partial charge in [-0.3, -0.25) is 0 Å². The Kier molecular flexibility index (Phi) is 1.28. The Hall–Kier alpha value is -1.04. The van der Waals surface area contributed by atoms with Gasteiger partial charge in [0, 0.05) is 0 Å². The largest absolute Gasteiger partial charge is 0.0998 e. The molecule has 1 aromatic carbocycles. The minimum atomic E-state index is 0.665. The average molecular weight is 170 g/mol. The van der Waals surface area contributed by atoms with Gasteiger partial charge >= 0.3 is 0 Å². The van der Waals surface area contributed by atoms with E-state index in [1.54, 1.807) is 0 Å². The maximum absolute atomic E-state index is 4.02. The molecule has 2 aliphatic carbocycles. The summed E-state index contributed by atoms with van der Waals surface area (Å²) in [6.07, 6.45) is 3.97.